The van der Waals surface area contributed by atoms with E-state index in [0.29, 0.717) is 5.92 Å². The Morgan fingerprint density at radius 2 is 2.00 bits per heavy atom. The molecule has 1 aromatic carbocycles. The molecule has 2 aromatic rings. The number of rotatable bonds is 3. The van der Waals surface area contributed by atoms with Crippen LogP contribution in [0.5, 0.6) is 0 Å². The van der Waals surface area contributed by atoms with E-state index in [4.69, 9.17) is 4.99 Å². The van der Waals surface area contributed by atoms with Crippen molar-refractivity contribution in [1.29, 1.82) is 0 Å². The van der Waals surface area contributed by atoms with Crippen LogP contribution in [0.15, 0.2) is 41.5 Å². The highest BCUT2D eigenvalue weighted by atomic mass is 15.3. The lowest BCUT2D eigenvalue weighted by Crippen LogP contribution is -2.27. The van der Waals surface area contributed by atoms with Crippen molar-refractivity contribution in [2.24, 2.45) is 16.8 Å². The van der Waals surface area contributed by atoms with Gasteiger partial charge in [0, 0.05) is 23.9 Å². The highest BCUT2D eigenvalue weighted by Crippen LogP contribution is 2.30. The lowest BCUT2D eigenvalue weighted by molar-refractivity contribution is 0.492. The number of aromatic nitrogens is 2. The monoisotopic (exact) mass is 307 g/mol. The van der Waals surface area contributed by atoms with Gasteiger partial charge in [0.25, 0.3) is 0 Å². The average Bonchev–Trinajstić information content (AvgIpc) is 2.99. The summed E-state index contributed by atoms with van der Waals surface area (Å²) in [7, 11) is 0. The molecule has 0 radical (unpaired) electrons. The predicted octanol–water partition coefficient (Wildman–Crippen LogP) is 3.91. The number of nitrogens with zero attached hydrogens (tertiary/aromatic N) is 3. The molecule has 0 bridgehead atoms. The second-order valence-corrected chi connectivity index (χ2v) is 7.18. The van der Waals surface area contributed by atoms with Gasteiger partial charge in [-0.15, -0.1) is 0 Å². The molecule has 0 N–H and O–H groups in total. The van der Waals surface area contributed by atoms with Crippen LogP contribution in [0.2, 0.25) is 0 Å². The van der Waals surface area contributed by atoms with Crippen molar-refractivity contribution in [3.8, 4) is 0 Å². The van der Waals surface area contributed by atoms with E-state index in [-0.39, 0.29) is 0 Å². The first-order valence-electron chi connectivity index (χ1n) is 8.90. The van der Waals surface area contributed by atoms with E-state index in [1.54, 1.807) is 0 Å². The Morgan fingerprint density at radius 1 is 1.13 bits per heavy atom. The maximum absolute atomic E-state index is 4.87. The van der Waals surface area contributed by atoms with Crippen LogP contribution in [-0.4, -0.2) is 22.0 Å². The molecule has 2 heterocycles. The molecule has 0 saturated heterocycles. The Kier molecular flexibility index (Phi) is 4.02. The number of fused-ring (bicyclic) bond motifs is 1. The minimum Gasteiger partial charge on any atom is -0.294 e. The Bertz CT molecular complexity index is 699. The molecular weight excluding hydrogens is 282 g/mol. The third-order valence-corrected chi connectivity index (χ3v) is 5.38. The van der Waals surface area contributed by atoms with Crippen LogP contribution in [0.4, 0.5) is 0 Å². The summed E-state index contributed by atoms with van der Waals surface area (Å²) in [6.07, 6.45) is 8.13. The Morgan fingerprint density at radius 3 is 2.78 bits per heavy atom. The van der Waals surface area contributed by atoms with E-state index in [2.05, 4.69) is 53.2 Å². The zero-order valence-electron chi connectivity index (χ0n) is 13.9. The first kappa shape index (κ1) is 14.7. The van der Waals surface area contributed by atoms with Crippen LogP contribution in [0, 0.1) is 11.8 Å². The fourth-order valence-electron chi connectivity index (χ4n) is 3.94. The number of benzene rings is 1. The normalized spacial score (nSPS) is 24.1. The van der Waals surface area contributed by atoms with E-state index >= 15 is 0 Å². The molecule has 2 aliphatic rings. The lowest BCUT2D eigenvalue weighted by Gasteiger charge is -2.28. The molecule has 3 nitrogen and oxygen atoms in total. The topological polar surface area (TPSA) is 30.2 Å². The SMILES string of the molecule is CC1CCC(C2CCc3c(cnn3Cc3ccccc3)C2)=NC1. The number of aliphatic imine (C=N–C) groups is 1. The molecule has 1 aromatic heterocycles. The fourth-order valence-corrected chi connectivity index (χ4v) is 3.94. The molecular formula is C20H25N3. The van der Waals surface area contributed by atoms with Gasteiger partial charge in [0.15, 0.2) is 0 Å². The maximum Gasteiger partial charge on any atom is 0.0662 e. The van der Waals surface area contributed by atoms with Crippen molar-refractivity contribution in [3.05, 3.63) is 53.3 Å². The molecule has 0 amide bonds. The van der Waals surface area contributed by atoms with Gasteiger partial charge in [-0.2, -0.15) is 5.10 Å². The van der Waals surface area contributed by atoms with Gasteiger partial charge in [0.2, 0.25) is 0 Å². The van der Waals surface area contributed by atoms with Gasteiger partial charge >= 0.3 is 0 Å². The summed E-state index contributed by atoms with van der Waals surface area (Å²) in [5.41, 5.74) is 5.68. The number of hydrogen-bond acceptors (Lipinski definition) is 2. The number of hydrogen-bond donors (Lipinski definition) is 0. The van der Waals surface area contributed by atoms with Gasteiger partial charge in [-0.25, -0.2) is 0 Å². The third kappa shape index (κ3) is 3.10. The van der Waals surface area contributed by atoms with Gasteiger partial charge < -0.3 is 0 Å². The molecule has 2 unspecified atom stereocenters. The van der Waals surface area contributed by atoms with Crippen molar-refractivity contribution in [2.45, 2.75) is 45.6 Å². The third-order valence-electron chi connectivity index (χ3n) is 5.38. The average molecular weight is 307 g/mol. The van der Waals surface area contributed by atoms with Gasteiger partial charge in [0.05, 0.1) is 12.7 Å². The molecule has 120 valence electrons. The molecule has 1 aliphatic carbocycles. The van der Waals surface area contributed by atoms with Crippen LogP contribution >= 0.6 is 0 Å². The van der Waals surface area contributed by atoms with Crippen LogP contribution in [0.25, 0.3) is 0 Å². The van der Waals surface area contributed by atoms with Gasteiger partial charge in [-0.05, 0) is 49.1 Å². The fraction of sp³-hybridized carbons (Fsp3) is 0.500. The van der Waals surface area contributed by atoms with Gasteiger partial charge in [0.1, 0.15) is 0 Å². The van der Waals surface area contributed by atoms with E-state index in [0.717, 1.165) is 31.8 Å². The summed E-state index contributed by atoms with van der Waals surface area (Å²) in [5, 5.41) is 4.66. The van der Waals surface area contributed by atoms with Crippen molar-refractivity contribution >= 4 is 5.71 Å². The van der Waals surface area contributed by atoms with E-state index in [1.807, 2.05) is 0 Å². The van der Waals surface area contributed by atoms with Crippen molar-refractivity contribution < 1.29 is 0 Å². The second kappa shape index (κ2) is 6.31. The van der Waals surface area contributed by atoms with Crippen LogP contribution in [0.3, 0.4) is 0 Å². The molecule has 3 heteroatoms. The molecule has 0 spiro atoms. The van der Waals surface area contributed by atoms with E-state index in [9.17, 15) is 0 Å². The molecule has 2 atom stereocenters. The van der Waals surface area contributed by atoms with Gasteiger partial charge in [-0.1, -0.05) is 37.3 Å². The summed E-state index contributed by atoms with van der Waals surface area (Å²) < 4.78 is 2.20. The Balaban J connectivity index is 1.49. The minimum absolute atomic E-state index is 0.657. The summed E-state index contributed by atoms with van der Waals surface area (Å²) >= 11 is 0. The molecule has 0 saturated carbocycles. The minimum atomic E-state index is 0.657. The van der Waals surface area contributed by atoms with Crippen LogP contribution in [-0.2, 0) is 19.4 Å². The Labute approximate surface area is 138 Å². The second-order valence-electron chi connectivity index (χ2n) is 7.18. The Hall–Kier alpha value is -1.90. The van der Waals surface area contributed by atoms with Crippen LogP contribution < -0.4 is 0 Å². The smallest absolute Gasteiger partial charge is 0.0662 e. The largest absolute Gasteiger partial charge is 0.294 e. The highest BCUT2D eigenvalue weighted by molar-refractivity contribution is 5.87. The quantitative estimate of drug-likeness (QED) is 0.845. The van der Waals surface area contributed by atoms with Crippen molar-refractivity contribution in [1.82, 2.24) is 9.78 Å². The zero-order valence-corrected chi connectivity index (χ0v) is 13.9. The first-order valence-corrected chi connectivity index (χ1v) is 8.90. The standard InChI is InChI=1S/C20H25N3/c1-15-7-9-19(21-12-15)17-8-10-20-18(11-17)13-22-23(20)14-16-5-3-2-4-6-16/h2-6,13,15,17H,7-12,14H2,1H3. The molecule has 4 rings (SSSR count). The lowest BCUT2D eigenvalue weighted by atomic mass is 9.81. The first-order chi connectivity index (χ1) is 11.3. The predicted molar refractivity (Wildman–Crippen MR) is 94.0 cm³/mol. The maximum atomic E-state index is 4.87. The van der Waals surface area contributed by atoms with E-state index in [1.165, 1.54) is 41.8 Å². The summed E-state index contributed by atoms with van der Waals surface area (Å²) in [6, 6.07) is 10.6. The zero-order chi connectivity index (χ0) is 15.6. The summed E-state index contributed by atoms with van der Waals surface area (Å²) in [6.45, 7) is 4.23. The summed E-state index contributed by atoms with van der Waals surface area (Å²) in [5.74, 6) is 1.43. The molecule has 0 fully saturated rings. The van der Waals surface area contributed by atoms with Crippen LogP contribution in [0.1, 0.15) is 43.0 Å². The van der Waals surface area contributed by atoms with Crippen molar-refractivity contribution in [2.75, 3.05) is 6.54 Å². The van der Waals surface area contributed by atoms with Crippen molar-refractivity contribution in [3.63, 3.8) is 0 Å². The highest BCUT2D eigenvalue weighted by Gasteiger charge is 2.27. The van der Waals surface area contributed by atoms with Gasteiger partial charge in [-0.3, -0.25) is 9.67 Å². The van der Waals surface area contributed by atoms with E-state index < -0.39 is 0 Å². The molecule has 1 aliphatic heterocycles. The molecule has 23 heavy (non-hydrogen) atoms. The summed E-state index contributed by atoms with van der Waals surface area (Å²) in [4.78, 5) is 4.87.